The smallest absolute Gasteiger partial charge is 0.0667 e. The lowest BCUT2D eigenvalue weighted by molar-refractivity contribution is 0.866. The number of aliphatic imine (C=N–C) groups is 2. The molecule has 160 valence electrons. The van der Waals surface area contributed by atoms with Gasteiger partial charge in [0.25, 0.3) is 0 Å². The molecule has 2 aromatic rings. The average molecular weight is 403 g/mol. The maximum atomic E-state index is 4.71. The predicted molar refractivity (Wildman–Crippen MR) is 132 cm³/mol. The molecule has 2 heterocycles. The lowest BCUT2D eigenvalue weighted by Crippen LogP contribution is -2.06. The zero-order chi connectivity index (χ0) is 22.0. The van der Waals surface area contributed by atoms with E-state index in [2.05, 4.69) is 91.8 Å². The van der Waals surface area contributed by atoms with Crippen LogP contribution in [0.25, 0.3) is 0 Å². The van der Waals surface area contributed by atoms with Gasteiger partial charge < -0.3 is 0 Å². The van der Waals surface area contributed by atoms with Crippen molar-refractivity contribution in [3.8, 4) is 0 Å². The highest BCUT2D eigenvalue weighted by molar-refractivity contribution is 5.95. The summed E-state index contributed by atoms with van der Waals surface area (Å²) < 4.78 is 0. The summed E-state index contributed by atoms with van der Waals surface area (Å²) >= 11 is 0. The van der Waals surface area contributed by atoms with E-state index >= 15 is 0 Å². The number of hydrogen-bond donors (Lipinski definition) is 0. The molecule has 2 nitrogen and oxygen atoms in total. The molecular formula is C28H38N2. The fourth-order valence-electron chi connectivity index (χ4n) is 3.83. The van der Waals surface area contributed by atoms with E-state index in [9.17, 15) is 0 Å². The van der Waals surface area contributed by atoms with Gasteiger partial charge >= 0.3 is 0 Å². The van der Waals surface area contributed by atoms with E-state index in [-0.39, 0.29) is 0 Å². The molecule has 4 rings (SSSR count). The molecule has 0 saturated carbocycles. The monoisotopic (exact) mass is 402 g/mol. The van der Waals surface area contributed by atoms with Crippen molar-refractivity contribution in [3.63, 3.8) is 0 Å². The Morgan fingerprint density at radius 3 is 1.20 bits per heavy atom. The molecule has 0 saturated heterocycles. The topological polar surface area (TPSA) is 24.7 Å². The fraction of sp³-hybridized carbons (Fsp3) is 0.500. The second-order valence-electron chi connectivity index (χ2n) is 9.95. The van der Waals surface area contributed by atoms with Crippen LogP contribution in [-0.2, 0) is 12.8 Å². The maximum absolute atomic E-state index is 4.71. The SMILES string of the molecule is CC(C)C1=Nc2cc(C(C)C)ccc2C1.CC(C)C1=Nc2cc(C(C)C)ccc2C1. The predicted octanol–water partition coefficient (Wildman–Crippen LogP) is 8.19. The number of rotatable bonds is 4. The second-order valence-corrected chi connectivity index (χ2v) is 9.95. The largest absolute Gasteiger partial charge is 0.257 e. The Labute approximate surface area is 183 Å². The summed E-state index contributed by atoms with van der Waals surface area (Å²) in [5.74, 6) is 2.32. The summed E-state index contributed by atoms with van der Waals surface area (Å²) in [4.78, 5) is 9.42. The fourth-order valence-corrected chi connectivity index (χ4v) is 3.83. The normalized spacial score (nSPS) is 14.7. The first kappa shape index (κ1) is 22.5. The lowest BCUT2D eigenvalue weighted by atomic mass is 9.98. The Hall–Kier alpha value is -2.22. The van der Waals surface area contributed by atoms with E-state index < -0.39 is 0 Å². The van der Waals surface area contributed by atoms with Crippen LogP contribution < -0.4 is 0 Å². The van der Waals surface area contributed by atoms with Crippen LogP contribution in [0.15, 0.2) is 46.4 Å². The Kier molecular flexibility index (Phi) is 6.95. The molecule has 0 bridgehead atoms. The van der Waals surface area contributed by atoms with Crippen molar-refractivity contribution in [2.24, 2.45) is 21.8 Å². The highest BCUT2D eigenvalue weighted by atomic mass is 14.8. The van der Waals surface area contributed by atoms with Crippen LogP contribution in [0, 0.1) is 11.8 Å². The lowest BCUT2D eigenvalue weighted by Gasteiger charge is -2.06. The summed E-state index contributed by atoms with van der Waals surface area (Å²) in [5.41, 5.74) is 10.6. The molecule has 0 amide bonds. The minimum absolute atomic E-state index is 0.569. The summed E-state index contributed by atoms with van der Waals surface area (Å²) in [6, 6.07) is 13.4. The molecule has 2 aliphatic rings. The van der Waals surface area contributed by atoms with Gasteiger partial charge in [-0.25, -0.2) is 0 Å². The van der Waals surface area contributed by atoms with Crippen molar-refractivity contribution in [1.29, 1.82) is 0 Å². The first-order chi connectivity index (χ1) is 14.2. The molecule has 2 aromatic carbocycles. The minimum Gasteiger partial charge on any atom is -0.257 e. The maximum Gasteiger partial charge on any atom is 0.0667 e. The number of fused-ring (bicyclic) bond motifs is 2. The number of benzene rings is 2. The standard InChI is InChI=1S/2C14H19N/c2*1-9(2)11-5-6-12-8-13(10(3)4)15-14(12)7-11/h2*5-7,9-10H,8H2,1-4H3. The summed E-state index contributed by atoms with van der Waals surface area (Å²) in [6.07, 6.45) is 2.09. The van der Waals surface area contributed by atoms with E-state index in [1.807, 2.05) is 0 Å². The van der Waals surface area contributed by atoms with Gasteiger partial charge in [0.05, 0.1) is 11.4 Å². The number of hydrogen-bond acceptors (Lipinski definition) is 2. The molecule has 0 unspecified atom stereocenters. The van der Waals surface area contributed by atoms with Gasteiger partial charge in [-0.05, 0) is 58.1 Å². The minimum atomic E-state index is 0.569. The van der Waals surface area contributed by atoms with Gasteiger partial charge in [0, 0.05) is 24.3 Å². The van der Waals surface area contributed by atoms with Crippen molar-refractivity contribution in [3.05, 3.63) is 58.7 Å². The molecule has 0 aromatic heterocycles. The van der Waals surface area contributed by atoms with Crippen LogP contribution in [0.3, 0.4) is 0 Å². The van der Waals surface area contributed by atoms with E-state index in [0.717, 1.165) is 12.8 Å². The summed E-state index contributed by atoms with van der Waals surface area (Å²) in [7, 11) is 0. The summed E-state index contributed by atoms with van der Waals surface area (Å²) in [5, 5.41) is 0. The Balaban J connectivity index is 0.000000171. The third-order valence-electron chi connectivity index (χ3n) is 6.16. The van der Waals surface area contributed by atoms with Gasteiger partial charge in [-0.3, -0.25) is 9.98 Å². The molecule has 0 fully saturated rings. The average Bonchev–Trinajstić information content (AvgIpc) is 3.31. The van der Waals surface area contributed by atoms with Gasteiger partial charge in [-0.1, -0.05) is 79.7 Å². The van der Waals surface area contributed by atoms with Crippen molar-refractivity contribution in [2.45, 2.75) is 80.1 Å². The van der Waals surface area contributed by atoms with E-state index in [1.54, 1.807) is 0 Å². The van der Waals surface area contributed by atoms with Gasteiger partial charge in [0.15, 0.2) is 0 Å². The van der Waals surface area contributed by atoms with Gasteiger partial charge in [0.2, 0.25) is 0 Å². The van der Waals surface area contributed by atoms with Crippen LogP contribution in [0.1, 0.15) is 89.5 Å². The van der Waals surface area contributed by atoms with Crippen molar-refractivity contribution in [1.82, 2.24) is 0 Å². The van der Waals surface area contributed by atoms with E-state index in [0.29, 0.717) is 23.7 Å². The zero-order valence-corrected chi connectivity index (χ0v) is 20.1. The van der Waals surface area contributed by atoms with Crippen LogP contribution in [0.5, 0.6) is 0 Å². The van der Waals surface area contributed by atoms with Gasteiger partial charge in [-0.2, -0.15) is 0 Å². The molecule has 2 heteroatoms. The quantitative estimate of drug-likeness (QED) is 0.492. The van der Waals surface area contributed by atoms with Crippen molar-refractivity contribution >= 4 is 22.8 Å². The molecule has 2 aliphatic heterocycles. The van der Waals surface area contributed by atoms with Crippen LogP contribution >= 0.6 is 0 Å². The highest BCUT2D eigenvalue weighted by Crippen LogP contribution is 2.32. The van der Waals surface area contributed by atoms with Crippen LogP contribution in [-0.4, -0.2) is 11.4 Å². The van der Waals surface area contributed by atoms with Crippen LogP contribution in [0.4, 0.5) is 11.4 Å². The molecule has 0 atom stereocenters. The first-order valence-electron chi connectivity index (χ1n) is 11.6. The first-order valence-corrected chi connectivity index (χ1v) is 11.6. The molecule has 30 heavy (non-hydrogen) atoms. The van der Waals surface area contributed by atoms with Gasteiger partial charge in [0.1, 0.15) is 0 Å². The molecule has 0 N–H and O–H groups in total. The molecule has 0 aliphatic carbocycles. The Morgan fingerprint density at radius 2 is 0.900 bits per heavy atom. The molecule has 0 spiro atoms. The zero-order valence-electron chi connectivity index (χ0n) is 20.1. The highest BCUT2D eigenvalue weighted by Gasteiger charge is 2.18. The molecule has 0 radical (unpaired) electrons. The van der Waals surface area contributed by atoms with Crippen molar-refractivity contribution in [2.75, 3.05) is 0 Å². The second kappa shape index (κ2) is 9.29. The van der Waals surface area contributed by atoms with E-state index in [1.165, 1.54) is 45.1 Å². The van der Waals surface area contributed by atoms with Crippen molar-refractivity contribution < 1.29 is 0 Å². The Bertz CT molecular complexity index is 879. The van der Waals surface area contributed by atoms with Gasteiger partial charge in [-0.15, -0.1) is 0 Å². The third-order valence-corrected chi connectivity index (χ3v) is 6.16. The number of nitrogens with zero attached hydrogens (tertiary/aromatic N) is 2. The Morgan fingerprint density at radius 1 is 0.533 bits per heavy atom. The summed E-state index contributed by atoms with van der Waals surface area (Å²) in [6.45, 7) is 17.8. The van der Waals surface area contributed by atoms with Crippen LogP contribution in [0.2, 0.25) is 0 Å². The third kappa shape index (κ3) is 5.09. The van der Waals surface area contributed by atoms with E-state index in [4.69, 9.17) is 9.98 Å². The molecular weight excluding hydrogens is 364 g/mol.